The van der Waals surface area contributed by atoms with Crippen molar-refractivity contribution in [3.05, 3.63) is 64.7 Å². The molecule has 0 saturated carbocycles. The minimum absolute atomic E-state index is 0.00583. The van der Waals surface area contributed by atoms with Gasteiger partial charge in [0.2, 0.25) is 5.91 Å². The highest BCUT2D eigenvalue weighted by atomic mass is 35.5. The fraction of sp³-hybridized carbons (Fsp3) is 0.176. The number of nitrogens with one attached hydrogen (secondary N) is 1. The Bertz CT molecular complexity index is 796. The van der Waals surface area contributed by atoms with Crippen molar-refractivity contribution in [2.24, 2.45) is 0 Å². The molecule has 24 heavy (non-hydrogen) atoms. The fourth-order valence-corrected chi connectivity index (χ4v) is 2.71. The monoisotopic (exact) mass is 350 g/mol. The summed E-state index contributed by atoms with van der Waals surface area (Å²) in [6, 6.07) is 9.31. The molecule has 3 rings (SSSR count). The number of nitrogens with zero attached hydrogens (tertiary/aromatic N) is 1. The lowest BCUT2D eigenvalue weighted by Gasteiger charge is -2.17. The number of anilines is 1. The number of halogens is 3. The Hall–Kier alpha value is -2.47. The third kappa shape index (κ3) is 3.38. The third-order valence-electron chi connectivity index (χ3n) is 3.78. The van der Waals surface area contributed by atoms with Crippen LogP contribution in [0.25, 0.3) is 0 Å². The van der Waals surface area contributed by atoms with Crippen LogP contribution in [0.5, 0.6) is 0 Å². The molecule has 0 radical (unpaired) electrons. The molecule has 4 nitrogen and oxygen atoms in total. The van der Waals surface area contributed by atoms with Gasteiger partial charge < -0.3 is 10.2 Å². The van der Waals surface area contributed by atoms with E-state index < -0.39 is 23.6 Å². The number of carbonyl (C=O) groups excluding carboxylic acids is 2. The van der Waals surface area contributed by atoms with Gasteiger partial charge in [-0.1, -0.05) is 11.6 Å². The van der Waals surface area contributed by atoms with E-state index in [-0.39, 0.29) is 17.9 Å². The smallest absolute Gasteiger partial charge is 0.251 e. The summed E-state index contributed by atoms with van der Waals surface area (Å²) in [6.07, 6.45) is 0.137. The molecule has 0 aromatic heterocycles. The van der Waals surface area contributed by atoms with Crippen molar-refractivity contribution in [1.29, 1.82) is 0 Å². The van der Waals surface area contributed by atoms with Crippen molar-refractivity contribution in [3.8, 4) is 0 Å². The molecule has 1 saturated heterocycles. The molecule has 0 bridgehead atoms. The first-order valence-electron chi connectivity index (χ1n) is 7.26. The van der Waals surface area contributed by atoms with Crippen LogP contribution in [0.15, 0.2) is 42.5 Å². The van der Waals surface area contributed by atoms with Gasteiger partial charge in [0.05, 0.1) is 6.04 Å². The van der Waals surface area contributed by atoms with Crippen molar-refractivity contribution >= 4 is 29.1 Å². The van der Waals surface area contributed by atoms with Crippen molar-refractivity contribution in [2.45, 2.75) is 12.5 Å². The zero-order valence-corrected chi connectivity index (χ0v) is 13.2. The lowest BCUT2D eigenvalue weighted by molar-refractivity contribution is -0.117. The van der Waals surface area contributed by atoms with E-state index in [9.17, 15) is 18.4 Å². The van der Waals surface area contributed by atoms with Gasteiger partial charge in [-0.3, -0.25) is 9.59 Å². The zero-order valence-electron chi connectivity index (χ0n) is 12.4. The molecule has 2 aromatic carbocycles. The predicted molar refractivity (Wildman–Crippen MR) is 86.0 cm³/mol. The van der Waals surface area contributed by atoms with Crippen LogP contribution in [0, 0.1) is 11.6 Å². The quantitative estimate of drug-likeness (QED) is 0.924. The van der Waals surface area contributed by atoms with Crippen molar-refractivity contribution in [1.82, 2.24) is 5.32 Å². The molecular weight excluding hydrogens is 338 g/mol. The Morgan fingerprint density at radius 1 is 1.12 bits per heavy atom. The van der Waals surface area contributed by atoms with E-state index in [0.717, 1.165) is 12.1 Å². The van der Waals surface area contributed by atoms with Gasteiger partial charge >= 0.3 is 0 Å². The van der Waals surface area contributed by atoms with Gasteiger partial charge in [-0.15, -0.1) is 0 Å². The van der Waals surface area contributed by atoms with Crippen LogP contribution in [0.4, 0.5) is 14.5 Å². The highest BCUT2D eigenvalue weighted by molar-refractivity contribution is 6.30. The number of rotatable bonds is 3. The first-order chi connectivity index (χ1) is 11.4. The average Bonchev–Trinajstić information content (AvgIpc) is 2.91. The maximum Gasteiger partial charge on any atom is 0.251 e. The highest BCUT2D eigenvalue weighted by Gasteiger charge is 2.31. The zero-order chi connectivity index (χ0) is 17.3. The Labute approximate surface area is 142 Å². The Kier molecular flexibility index (Phi) is 4.49. The van der Waals surface area contributed by atoms with Gasteiger partial charge in [-0.05, 0) is 42.5 Å². The van der Waals surface area contributed by atoms with E-state index in [0.29, 0.717) is 17.3 Å². The van der Waals surface area contributed by atoms with E-state index in [2.05, 4.69) is 5.32 Å². The molecule has 7 heteroatoms. The summed E-state index contributed by atoms with van der Waals surface area (Å²) in [6.45, 7) is 0.301. The van der Waals surface area contributed by atoms with Gasteiger partial charge in [0.1, 0.15) is 0 Å². The molecule has 1 unspecified atom stereocenters. The van der Waals surface area contributed by atoms with E-state index >= 15 is 0 Å². The predicted octanol–water partition coefficient (Wildman–Crippen LogP) is 3.15. The Balaban J connectivity index is 1.68. The lowest BCUT2D eigenvalue weighted by Crippen LogP contribution is -2.37. The first kappa shape index (κ1) is 16.4. The molecule has 1 N–H and O–H groups in total. The van der Waals surface area contributed by atoms with E-state index in [4.69, 9.17) is 11.6 Å². The maximum absolute atomic E-state index is 13.2. The molecule has 0 spiro atoms. The Morgan fingerprint density at radius 3 is 2.50 bits per heavy atom. The molecular formula is C17H13ClF2N2O2. The topological polar surface area (TPSA) is 49.4 Å². The van der Waals surface area contributed by atoms with Gasteiger partial charge in [-0.25, -0.2) is 8.78 Å². The van der Waals surface area contributed by atoms with Crippen molar-refractivity contribution < 1.29 is 18.4 Å². The SMILES string of the molecule is O=C(NC1CC(=O)N(c2ccc(Cl)cc2)C1)c1ccc(F)c(F)c1. The van der Waals surface area contributed by atoms with E-state index in [1.807, 2.05) is 0 Å². The first-order valence-corrected chi connectivity index (χ1v) is 7.63. The second-order valence-electron chi connectivity index (χ2n) is 5.48. The second-order valence-corrected chi connectivity index (χ2v) is 5.92. The number of carbonyl (C=O) groups is 2. The van der Waals surface area contributed by atoms with Crippen LogP contribution in [0.2, 0.25) is 5.02 Å². The van der Waals surface area contributed by atoms with Crippen molar-refractivity contribution in [3.63, 3.8) is 0 Å². The summed E-state index contributed by atoms with van der Waals surface area (Å²) in [7, 11) is 0. The minimum Gasteiger partial charge on any atom is -0.347 e. The van der Waals surface area contributed by atoms with Gasteiger partial charge in [0.15, 0.2) is 11.6 Å². The number of hydrogen-bond donors (Lipinski definition) is 1. The average molecular weight is 351 g/mol. The largest absolute Gasteiger partial charge is 0.347 e. The molecule has 1 atom stereocenters. The number of hydrogen-bond acceptors (Lipinski definition) is 2. The fourth-order valence-electron chi connectivity index (χ4n) is 2.58. The van der Waals surface area contributed by atoms with Crippen LogP contribution in [-0.2, 0) is 4.79 Å². The summed E-state index contributed by atoms with van der Waals surface area (Å²) in [5, 5.41) is 3.23. The summed E-state index contributed by atoms with van der Waals surface area (Å²) in [5.41, 5.74) is 0.695. The lowest BCUT2D eigenvalue weighted by atomic mass is 10.1. The number of benzene rings is 2. The van der Waals surface area contributed by atoms with Crippen LogP contribution < -0.4 is 10.2 Å². The molecule has 1 aliphatic rings. The molecule has 2 aromatic rings. The summed E-state index contributed by atoms with van der Waals surface area (Å²) in [4.78, 5) is 25.8. The summed E-state index contributed by atoms with van der Waals surface area (Å²) >= 11 is 5.83. The van der Waals surface area contributed by atoms with E-state index in [1.165, 1.54) is 6.07 Å². The van der Waals surface area contributed by atoms with Crippen LogP contribution in [0.3, 0.4) is 0 Å². The molecule has 124 valence electrons. The number of amides is 2. The molecule has 1 heterocycles. The molecule has 2 amide bonds. The van der Waals surface area contributed by atoms with Crippen LogP contribution >= 0.6 is 11.6 Å². The van der Waals surface area contributed by atoms with Crippen LogP contribution in [-0.4, -0.2) is 24.4 Å². The molecule has 1 aliphatic heterocycles. The third-order valence-corrected chi connectivity index (χ3v) is 4.03. The van der Waals surface area contributed by atoms with E-state index in [1.54, 1.807) is 29.2 Å². The molecule has 1 fully saturated rings. The van der Waals surface area contributed by atoms with Crippen LogP contribution in [0.1, 0.15) is 16.8 Å². The van der Waals surface area contributed by atoms with Gasteiger partial charge in [0, 0.05) is 29.2 Å². The summed E-state index contributed by atoms with van der Waals surface area (Å²) < 4.78 is 26.1. The van der Waals surface area contributed by atoms with Crippen molar-refractivity contribution in [2.75, 3.05) is 11.4 Å². The highest BCUT2D eigenvalue weighted by Crippen LogP contribution is 2.23. The van der Waals surface area contributed by atoms with Gasteiger partial charge in [0.25, 0.3) is 5.91 Å². The maximum atomic E-state index is 13.2. The summed E-state index contributed by atoms with van der Waals surface area (Å²) in [5.74, 6) is -2.79. The van der Waals surface area contributed by atoms with Gasteiger partial charge in [-0.2, -0.15) is 0 Å². The second kappa shape index (κ2) is 6.57. The Morgan fingerprint density at radius 2 is 1.83 bits per heavy atom. The standard InChI is InChI=1S/C17H13ClF2N2O2/c18-11-2-4-13(5-3-11)22-9-12(8-16(22)23)21-17(24)10-1-6-14(19)15(20)7-10/h1-7,12H,8-9H2,(H,21,24). The normalized spacial score (nSPS) is 17.2. The molecule has 0 aliphatic carbocycles. The minimum atomic E-state index is -1.09.